The molecule has 7 heteroatoms. The van der Waals surface area contributed by atoms with Gasteiger partial charge in [0.05, 0.1) is 4.90 Å². The fourth-order valence-electron chi connectivity index (χ4n) is 1.66. The summed E-state index contributed by atoms with van der Waals surface area (Å²) >= 11 is 0. The van der Waals surface area contributed by atoms with Crippen molar-refractivity contribution in [3.63, 3.8) is 0 Å². The smallest absolute Gasteiger partial charge is 0.332 e. The number of aryl methyl sites for hydroxylation is 1. The van der Waals surface area contributed by atoms with Gasteiger partial charge < -0.3 is 10.2 Å². The van der Waals surface area contributed by atoms with E-state index in [-0.39, 0.29) is 17.9 Å². The van der Waals surface area contributed by atoms with Crippen LogP contribution in [0, 0.1) is 0 Å². The first-order chi connectivity index (χ1) is 9.36. The largest absolute Gasteiger partial charge is 0.479 e. The molecule has 6 nitrogen and oxygen atoms in total. The summed E-state index contributed by atoms with van der Waals surface area (Å²) in [5.74, 6) is -1.37. The number of hydrogen-bond acceptors (Lipinski definition) is 4. The molecular weight excluding hydrogens is 282 g/mol. The second kappa shape index (κ2) is 7.37. The van der Waals surface area contributed by atoms with Gasteiger partial charge in [0.2, 0.25) is 10.0 Å². The molecule has 0 saturated heterocycles. The van der Waals surface area contributed by atoms with Gasteiger partial charge in [-0.2, -0.15) is 0 Å². The van der Waals surface area contributed by atoms with Crippen LogP contribution in [0.1, 0.15) is 25.3 Å². The highest BCUT2D eigenvalue weighted by atomic mass is 32.2. The number of benzene rings is 1. The predicted molar refractivity (Wildman–Crippen MR) is 73.9 cm³/mol. The second-order valence-electron chi connectivity index (χ2n) is 4.43. The Labute approximate surface area is 118 Å². The molecule has 112 valence electrons. The second-order valence-corrected chi connectivity index (χ2v) is 6.20. The van der Waals surface area contributed by atoms with Gasteiger partial charge in [-0.05, 0) is 30.5 Å². The summed E-state index contributed by atoms with van der Waals surface area (Å²) in [7, 11) is -3.67. The van der Waals surface area contributed by atoms with Crippen molar-refractivity contribution >= 4 is 16.0 Å². The Bertz CT molecular complexity index is 538. The summed E-state index contributed by atoms with van der Waals surface area (Å²) in [6, 6.07) is 6.54. The molecule has 1 rings (SSSR count). The zero-order chi connectivity index (χ0) is 15.2. The van der Waals surface area contributed by atoms with Crippen LogP contribution >= 0.6 is 0 Å². The molecule has 0 fully saturated rings. The molecule has 0 spiro atoms. The average Bonchev–Trinajstić information content (AvgIpc) is 2.39. The lowest BCUT2D eigenvalue weighted by Gasteiger charge is -2.09. The van der Waals surface area contributed by atoms with Crippen LogP contribution in [0.4, 0.5) is 0 Å². The van der Waals surface area contributed by atoms with E-state index in [2.05, 4.69) is 4.72 Å². The number of rotatable bonds is 8. The Hall–Kier alpha value is -1.44. The number of carboxylic acid groups (broad SMARTS) is 1. The maximum Gasteiger partial charge on any atom is 0.332 e. The van der Waals surface area contributed by atoms with E-state index in [1.54, 1.807) is 12.1 Å². The Balaban J connectivity index is 2.62. The Morgan fingerprint density at radius 2 is 1.90 bits per heavy atom. The normalized spacial score (nSPS) is 13.1. The molecule has 0 heterocycles. The molecule has 1 aromatic carbocycles. The zero-order valence-electron chi connectivity index (χ0n) is 11.2. The van der Waals surface area contributed by atoms with E-state index < -0.39 is 22.1 Å². The Morgan fingerprint density at radius 1 is 1.30 bits per heavy atom. The van der Waals surface area contributed by atoms with Crippen LogP contribution < -0.4 is 4.72 Å². The number of carboxylic acids is 1. The number of nitrogens with one attached hydrogen (secondary N) is 1. The summed E-state index contributed by atoms with van der Waals surface area (Å²) < 4.78 is 26.1. The fourth-order valence-corrected chi connectivity index (χ4v) is 2.71. The third-order valence-electron chi connectivity index (χ3n) is 2.77. The molecule has 0 aliphatic heterocycles. The van der Waals surface area contributed by atoms with Crippen LogP contribution in [0.3, 0.4) is 0 Å². The maximum absolute atomic E-state index is 11.9. The monoisotopic (exact) mass is 301 g/mol. The Kier molecular flexibility index (Phi) is 6.12. The van der Waals surface area contributed by atoms with Crippen molar-refractivity contribution in [3.05, 3.63) is 29.8 Å². The maximum atomic E-state index is 11.9. The highest BCUT2D eigenvalue weighted by Gasteiger charge is 2.16. The van der Waals surface area contributed by atoms with E-state index in [0.717, 1.165) is 18.4 Å². The van der Waals surface area contributed by atoms with Crippen LogP contribution in [0.25, 0.3) is 0 Å². The summed E-state index contributed by atoms with van der Waals surface area (Å²) in [6.45, 7) is 1.91. The van der Waals surface area contributed by atoms with Crippen molar-refractivity contribution in [1.82, 2.24) is 4.72 Å². The number of aliphatic hydroxyl groups excluding tert-OH is 1. The van der Waals surface area contributed by atoms with Gasteiger partial charge in [0.25, 0.3) is 0 Å². The molecule has 0 aliphatic rings. The molecule has 20 heavy (non-hydrogen) atoms. The first-order valence-electron chi connectivity index (χ1n) is 6.36. The van der Waals surface area contributed by atoms with Crippen LogP contribution in [0.15, 0.2) is 29.2 Å². The van der Waals surface area contributed by atoms with Crippen LogP contribution in [0.2, 0.25) is 0 Å². The van der Waals surface area contributed by atoms with Crippen LogP contribution in [-0.2, 0) is 21.2 Å². The standard InChI is InChI=1S/C13H19NO5S/c1-2-3-10-4-6-11(7-5-10)20(18,19)14-9-8-12(15)13(16)17/h4-7,12,14-15H,2-3,8-9H2,1H3,(H,16,17)/t12-/m0/s1. The summed E-state index contributed by atoms with van der Waals surface area (Å²) in [5.41, 5.74) is 1.06. The minimum Gasteiger partial charge on any atom is -0.479 e. The molecule has 1 aromatic rings. The molecule has 0 aromatic heterocycles. The number of sulfonamides is 1. The van der Waals surface area contributed by atoms with Gasteiger partial charge in [-0.25, -0.2) is 17.9 Å². The van der Waals surface area contributed by atoms with E-state index in [1.165, 1.54) is 12.1 Å². The van der Waals surface area contributed by atoms with Gasteiger partial charge in [0.15, 0.2) is 6.10 Å². The fraction of sp³-hybridized carbons (Fsp3) is 0.462. The lowest BCUT2D eigenvalue weighted by molar-refractivity contribution is -0.146. The summed E-state index contributed by atoms with van der Waals surface area (Å²) in [5, 5.41) is 17.5. The van der Waals surface area contributed by atoms with Crippen molar-refractivity contribution in [2.24, 2.45) is 0 Å². The third-order valence-corrected chi connectivity index (χ3v) is 4.24. The van der Waals surface area contributed by atoms with E-state index in [1.807, 2.05) is 6.92 Å². The molecular formula is C13H19NO5S. The molecule has 0 radical (unpaired) electrons. The lowest BCUT2D eigenvalue weighted by atomic mass is 10.1. The lowest BCUT2D eigenvalue weighted by Crippen LogP contribution is -2.30. The number of aliphatic carboxylic acids is 1. The van der Waals surface area contributed by atoms with Gasteiger partial charge in [-0.3, -0.25) is 0 Å². The van der Waals surface area contributed by atoms with E-state index in [9.17, 15) is 13.2 Å². The quantitative estimate of drug-likeness (QED) is 0.657. The number of hydrogen-bond donors (Lipinski definition) is 3. The third kappa shape index (κ3) is 4.92. The zero-order valence-corrected chi connectivity index (χ0v) is 12.1. The SMILES string of the molecule is CCCc1ccc(S(=O)(=O)NCC[C@H](O)C(=O)O)cc1. The molecule has 0 amide bonds. The van der Waals surface area contributed by atoms with Gasteiger partial charge >= 0.3 is 5.97 Å². The van der Waals surface area contributed by atoms with Gasteiger partial charge in [0.1, 0.15) is 0 Å². The average molecular weight is 301 g/mol. The minimum absolute atomic E-state index is 0.127. The van der Waals surface area contributed by atoms with Gasteiger partial charge in [-0.15, -0.1) is 0 Å². The minimum atomic E-state index is -3.67. The number of aliphatic hydroxyl groups is 1. The predicted octanol–water partition coefficient (Wildman–Crippen LogP) is 0.753. The van der Waals surface area contributed by atoms with Gasteiger partial charge in [0, 0.05) is 6.54 Å². The van der Waals surface area contributed by atoms with E-state index >= 15 is 0 Å². The van der Waals surface area contributed by atoms with Crippen molar-refractivity contribution in [2.45, 2.75) is 37.2 Å². The molecule has 1 atom stereocenters. The van der Waals surface area contributed by atoms with E-state index in [0.29, 0.717) is 0 Å². The first-order valence-corrected chi connectivity index (χ1v) is 7.84. The topological polar surface area (TPSA) is 104 Å². The number of carbonyl (C=O) groups is 1. The highest BCUT2D eigenvalue weighted by molar-refractivity contribution is 7.89. The van der Waals surface area contributed by atoms with E-state index in [4.69, 9.17) is 10.2 Å². The van der Waals surface area contributed by atoms with Gasteiger partial charge in [-0.1, -0.05) is 25.5 Å². The molecule has 3 N–H and O–H groups in total. The molecule has 0 aliphatic carbocycles. The van der Waals surface area contributed by atoms with Crippen molar-refractivity contribution < 1.29 is 23.4 Å². The molecule has 0 bridgehead atoms. The molecule has 0 saturated carbocycles. The van der Waals surface area contributed by atoms with Crippen LogP contribution in [0.5, 0.6) is 0 Å². The van der Waals surface area contributed by atoms with Crippen molar-refractivity contribution in [1.29, 1.82) is 0 Å². The van der Waals surface area contributed by atoms with Crippen molar-refractivity contribution in [2.75, 3.05) is 6.54 Å². The first kappa shape index (κ1) is 16.6. The summed E-state index contributed by atoms with van der Waals surface area (Å²) in [4.78, 5) is 10.5. The Morgan fingerprint density at radius 3 is 2.40 bits per heavy atom. The van der Waals surface area contributed by atoms with Crippen LogP contribution in [-0.4, -0.2) is 37.2 Å². The molecule has 0 unspecified atom stereocenters. The highest BCUT2D eigenvalue weighted by Crippen LogP contribution is 2.11. The summed E-state index contributed by atoms with van der Waals surface area (Å²) in [6.07, 6.45) is 0.128. The van der Waals surface area contributed by atoms with Crippen molar-refractivity contribution in [3.8, 4) is 0 Å².